The highest BCUT2D eigenvalue weighted by Crippen LogP contribution is 2.58. The number of nitrogens with zero attached hydrogens (tertiary/aromatic N) is 2. The number of halogens is 1. The van der Waals surface area contributed by atoms with Crippen LogP contribution in [0, 0.1) is 0 Å². The summed E-state index contributed by atoms with van der Waals surface area (Å²) in [5.74, 6) is 0. The molecular weight excluding hydrogens is 251 g/mol. The SMILES string of the molecule is CCCN(CCO)P(=O)(Cl)N1CCOCC1. The molecule has 1 rings (SSSR count). The molecule has 0 amide bonds. The molecule has 1 heterocycles. The fourth-order valence-corrected chi connectivity index (χ4v) is 4.42. The topological polar surface area (TPSA) is 53.0 Å². The molecule has 1 unspecified atom stereocenters. The van der Waals surface area contributed by atoms with Gasteiger partial charge in [0.25, 0.3) is 0 Å². The van der Waals surface area contributed by atoms with Crippen LogP contribution in [0.5, 0.6) is 0 Å². The van der Waals surface area contributed by atoms with E-state index in [0.717, 1.165) is 6.42 Å². The van der Waals surface area contributed by atoms with Crippen LogP contribution in [-0.2, 0) is 9.30 Å². The van der Waals surface area contributed by atoms with Gasteiger partial charge < -0.3 is 9.84 Å². The van der Waals surface area contributed by atoms with Crippen molar-refractivity contribution in [3.05, 3.63) is 0 Å². The molecule has 1 saturated heterocycles. The Morgan fingerprint density at radius 1 is 1.44 bits per heavy atom. The number of hydrogen-bond donors (Lipinski definition) is 1. The Morgan fingerprint density at radius 2 is 2.06 bits per heavy atom. The van der Waals surface area contributed by atoms with Crippen molar-refractivity contribution in [1.82, 2.24) is 9.34 Å². The summed E-state index contributed by atoms with van der Waals surface area (Å²) in [4.78, 5) is 0. The molecule has 1 N–H and O–H groups in total. The minimum absolute atomic E-state index is 0.0267. The average Bonchev–Trinajstić information content (AvgIpc) is 2.30. The molecule has 5 nitrogen and oxygen atoms in total. The van der Waals surface area contributed by atoms with E-state index in [-0.39, 0.29) is 6.61 Å². The first-order valence-electron chi connectivity index (χ1n) is 5.62. The highest BCUT2D eigenvalue weighted by molar-refractivity contribution is 7.85. The van der Waals surface area contributed by atoms with E-state index in [2.05, 4.69) is 0 Å². The predicted molar refractivity (Wildman–Crippen MR) is 64.8 cm³/mol. The van der Waals surface area contributed by atoms with Gasteiger partial charge >= 0.3 is 6.80 Å². The van der Waals surface area contributed by atoms with Crippen molar-refractivity contribution in [2.75, 3.05) is 46.0 Å². The zero-order chi connectivity index (χ0) is 12.0. The van der Waals surface area contributed by atoms with Crippen molar-refractivity contribution < 1.29 is 14.4 Å². The van der Waals surface area contributed by atoms with Gasteiger partial charge in [-0.25, -0.2) is 9.34 Å². The quantitative estimate of drug-likeness (QED) is 0.739. The van der Waals surface area contributed by atoms with E-state index in [1.807, 2.05) is 6.92 Å². The lowest BCUT2D eigenvalue weighted by Gasteiger charge is -2.36. The molecule has 1 aliphatic rings. The highest BCUT2D eigenvalue weighted by atomic mass is 35.7. The number of aliphatic hydroxyl groups is 1. The molecule has 0 spiro atoms. The Kier molecular flexibility index (Phi) is 6.26. The first kappa shape index (κ1) is 14.4. The molecule has 96 valence electrons. The molecule has 1 fully saturated rings. The maximum atomic E-state index is 12.5. The molecule has 1 aliphatic heterocycles. The molecule has 7 heteroatoms. The van der Waals surface area contributed by atoms with Crippen LogP contribution in [0.2, 0.25) is 0 Å². The lowest BCUT2D eigenvalue weighted by Crippen LogP contribution is -2.38. The van der Waals surface area contributed by atoms with Gasteiger partial charge in [0.1, 0.15) is 0 Å². The molecule has 0 aromatic heterocycles. The summed E-state index contributed by atoms with van der Waals surface area (Å²) < 4.78 is 21.2. The van der Waals surface area contributed by atoms with Gasteiger partial charge in [-0.2, -0.15) is 0 Å². The zero-order valence-electron chi connectivity index (χ0n) is 9.64. The van der Waals surface area contributed by atoms with Crippen LogP contribution in [0.1, 0.15) is 13.3 Å². The van der Waals surface area contributed by atoms with Crippen molar-refractivity contribution in [3.8, 4) is 0 Å². The summed E-state index contributed by atoms with van der Waals surface area (Å²) in [7, 11) is 0. The van der Waals surface area contributed by atoms with E-state index in [1.54, 1.807) is 9.34 Å². The van der Waals surface area contributed by atoms with Gasteiger partial charge in [-0.3, -0.25) is 4.57 Å². The molecule has 0 aromatic rings. The Hall–Kier alpha value is 0.360. The number of aliphatic hydroxyl groups excluding tert-OH is 1. The Labute approximate surface area is 102 Å². The van der Waals surface area contributed by atoms with Crippen molar-refractivity contribution in [2.24, 2.45) is 0 Å². The van der Waals surface area contributed by atoms with Crippen LogP contribution in [0.15, 0.2) is 0 Å². The fourth-order valence-electron chi connectivity index (χ4n) is 1.71. The van der Waals surface area contributed by atoms with Gasteiger partial charge in [-0.1, -0.05) is 6.92 Å². The smallest absolute Gasteiger partial charge is 0.304 e. The second-order valence-electron chi connectivity index (χ2n) is 3.72. The summed E-state index contributed by atoms with van der Waals surface area (Å²) in [5, 5.41) is 8.96. The molecule has 0 aromatic carbocycles. The van der Waals surface area contributed by atoms with E-state index in [9.17, 15) is 4.57 Å². The van der Waals surface area contributed by atoms with Crippen molar-refractivity contribution >= 4 is 18.0 Å². The Morgan fingerprint density at radius 3 is 2.56 bits per heavy atom. The molecular formula is C9H20ClN2O3P. The van der Waals surface area contributed by atoms with E-state index in [1.165, 1.54) is 0 Å². The highest BCUT2D eigenvalue weighted by Gasteiger charge is 2.35. The minimum Gasteiger partial charge on any atom is -0.395 e. The number of hydrogen-bond acceptors (Lipinski definition) is 3. The van der Waals surface area contributed by atoms with Crippen LogP contribution >= 0.6 is 18.0 Å². The first-order valence-corrected chi connectivity index (χ1v) is 8.13. The summed E-state index contributed by atoms with van der Waals surface area (Å²) >= 11 is 6.18. The van der Waals surface area contributed by atoms with Gasteiger partial charge in [0, 0.05) is 26.2 Å². The Bertz CT molecular complexity index is 243. The van der Waals surface area contributed by atoms with E-state index in [0.29, 0.717) is 39.4 Å². The number of morpholine rings is 1. The largest absolute Gasteiger partial charge is 0.395 e. The van der Waals surface area contributed by atoms with E-state index >= 15 is 0 Å². The number of ether oxygens (including phenoxy) is 1. The third-order valence-electron chi connectivity index (χ3n) is 2.53. The van der Waals surface area contributed by atoms with Crippen LogP contribution in [-0.4, -0.2) is 60.4 Å². The third kappa shape index (κ3) is 3.69. The second-order valence-corrected chi connectivity index (χ2v) is 7.11. The van der Waals surface area contributed by atoms with Crippen LogP contribution in [0.3, 0.4) is 0 Å². The van der Waals surface area contributed by atoms with Crippen molar-refractivity contribution in [3.63, 3.8) is 0 Å². The van der Waals surface area contributed by atoms with Crippen LogP contribution < -0.4 is 0 Å². The maximum Gasteiger partial charge on any atom is 0.304 e. The molecule has 0 bridgehead atoms. The normalized spacial score (nSPS) is 22.2. The fraction of sp³-hybridized carbons (Fsp3) is 1.00. The van der Waals surface area contributed by atoms with Gasteiger partial charge in [0.15, 0.2) is 0 Å². The molecule has 0 aliphatic carbocycles. The predicted octanol–water partition coefficient (Wildman–Crippen LogP) is 1.37. The van der Waals surface area contributed by atoms with Gasteiger partial charge in [0.05, 0.1) is 19.8 Å². The average molecular weight is 271 g/mol. The van der Waals surface area contributed by atoms with Crippen LogP contribution in [0.4, 0.5) is 0 Å². The maximum absolute atomic E-state index is 12.5. The van der Waals surface area contributed by atoms with Crippen LogP contribution in [0.25, 0.3) is 0 Å². The van der Waals surface area contributed by atoms with E-state index in [4.69, 9.17) is 21.1 Å². The molecule has 1 atom stereocenters. The minimum atomic E-state index is -3.01. The Balaban J connectivity index is 2.66. The first-order chi connectivity index (χ1) is 7.62. The van der Waals surface area contributed by atoms with Gasteiger partial charge in [0.2, 0.25) is 0 Å². The standard InChI is InChI=1S/C9H20ClN2O3P/c1-2-3-11(4-7-13)16(10,14)12-5-8-15-9-6-12/h13H,2-9H2,1H3. The summed E-state index contributed by atoms with van der Waals surface area (Å²) in [6.07, 6.45) is 0.862. The lowest BCUT2D eigenvalue weighted by atomic mass is 10.5. The van der Waals surface area contributed by atoms with Gasteiger partial charge in [-0.05, 0) is 17.7 Å². The third-order valence-corrected chi connectivity index (χ3v) is 6.00. The van der Waals surface area contributed by atoms with Crippen molar-refractivity contribution in [2.45, 2.75) is 13.3 Å². The summed E-state index contributed by atoms with van der Waals surface area (Å²) in [5.41, 5.74) is 0. The second kappa shape index (κ2) is 6.94. The molecule has 0 radical (unpaired) electrons. The summed E-state index contributed by atoms with van der Waals surface area (Å²) in [6, 6.07) is 0. The monoisotopic (exact) mass is 270 g/mol. The lowest BCUT2D eigenvalue weighted by molar-refractivity contribution is 0.0697. The molecule has 0 saturated carbocycles. The van der Waals surface area contributed by atoms with Gasteiger partial charge in [-0.15, -0.1) is 0 Å². The van der Waals surface area contributed by atoms with E-state index < -0.39 is 6.80 Å². The van der Waals surface area contributed by atoms with Crippen molar-refractivity contribution in [1.29, 1.82) is 0 Å². The number of rotatable bonds is 6. The zero-order valence-corrected chi connectivity index (χ0v) is 11.3. The summed E-state index contributed by atoms with van der Waals surface area (Å²) in [6.45, 7) is 2.26. The molecule has 16 heavy (non-hydrogen) atoms.